The number of carbonyl (C=O) groups is 4. The molecule has 5 heterocycles. The first-order chi connectivity index (χ1) is 30.9. The monoisotopic (exact) mass is 872 g/mol. The number of nitrogens with one attached hydrogen (secondary N) is 3. The Hall–Kier alpha value is -6.95. The third kappa shape index (κ3) is 10.1. The second kappa shape index (κ2) is 19.2. The van der Waals surface area contributed by atoms with Gasteiger partial charge in [-0.25, -0.2) is 0 Å². The van der Waals surface area contributed by atoms with E-state index >= 15 is 0 Å². The Labute approximate surface area is 369 Å². The number of rotatable bonds is 14. The normalized spacial score (nSPS) is 19.2. The van der Waals surface area contributed by atoms with Crippen molar-refractivity contribution in [3.63, 3.8) is 0 Å². The molecule has 3 aliphatic heterocycles. The lowest BCUT2D eigenvalue weighted by molar-refractivity contribution is -0.185. The van der Waals surface area contributed by atoms with Crippen molar-refractivity contribution in [3.8, 4) is 22.6 Å². The molecule has 0 saturated carbocycles. The molecule has 2 aromatic heterocycles. The fourth-order valence-corrected chi connectivity index (χ4v) is 8.15. The molecule has 4 atom stereocenters. The van der Waals surface area contributed by atoms with Gasteiger partial charge in [-0.2, -0.15) is 0 Å². The molecular formula is C47H52N8O9. The topological polar surface area (TPSA) is 224 Å². The van der Waals surface area contributed by atoms with Crippen LogP contribution in [0.2, 0.25) is 0 Å². The number of fused-ring (bicyclic) bond motifs is 2. The zero-order chi connectivity index (χ0) is 44.9. The van der Waals surface area contributed by atoms with Gasteiger partial charge < -0.3 is 60.1 Å². The Morgan fingerprint density at radius 2 is 1.55 bits per heavy atom. The number of anilines is 4. The molecule has 4 unspecified atom stereocenters. The van der Waals surface area contributed by atoms with Gasteiger partial charge in [-0.1, -0.05) is 12.1 Å². The van der Waals surface area contributed by atoms with E-state index < -0.39 is 18.5 Å². The number of nitrogens with two attached hydrogens (primary N) is 1. The summed E-state index contributed by atoms with van der Waals surface area (Å²) in [5, 5.41) is 28.7. The van der Waals surface area contributed by atoms with Crippen LogP contribution in [0.25, 0.3) is 11.1 Å². The van der Waals surface area contributed by atoms with Crippen molar-refractivity contribution in [2.75, 3.05) is 41.4 Å². The second-order valence-electron chi connectivity index (χ2n) is 16.3. The van der Waals surface area contributed by atoms with Crippen LogP contribution in [0, 0.1) is 0 Å². The maximum absolute atomic E-state index is 13.7. The summed E-state index contributed by atoms with van der Waals surface area (Å²) in [6.45, 7) is 0.468. The van der Waals surface area contributed by atoms with E-state index in [0.29, 0.717) is 64.1 Å². The number of nitrogen functional groups attached to an aromatic ring is 1. The van der Waals surface area contributed by atoms with Gasteiger partial charge in [-0.05, 0) is 85.8 Å². The minimum atomic E-state index is -0.893. The third-order valence-electron chi connectivity index (χ3n) is 11.5. The Morgan fingerprint density at radius 3 is 2.28 bits per heavy atom. The van der Waals surface area contributed by atoms with Gasteiger partial charge in [0.2, 0.25) is 12.2 Å². The number of aryl methyl sites for hydroxylation is 2. The molecule has 0 radical (unpaired) electrons. The molecule has 5 aromatic rings. The largest absolute Gasteiger partial charge is 0.490 e. The highest BCUT2D eigenvalue weighted by Gasteiger charge is 2.34. The lowest BCUT2D eigenvalue weighted by atomic mass is 10.0. The Kier molecular flexibility index (Phi) is 13.1. The summed E-state index contributed by atoms with van der Waals surface area (Å²) in [5.41, 5.74) is 11.3. The minimum Gasteiger partial charge on any atom is -0.490 e. The van der Waals surface area contributed by atoms with E-state index in [1.807, 2.05) is 23.2 Å². The first-order valence-corrected chi connectivity index (χ1v) is 21.4. The van der Waals surface area contributed by atoms with Crippen molar-refractivity contribution in [2.45, 2.75) is 69.5 Å². The Bertz CT molecular complexity index is 2550. The fourth-order valence-electron chi connectivity index (χ4n) is 8.15. The zero-order valence-electron chi connectivity index (χ0n) is 35.7. The maximum Gasteiger partial charge on any atom is 0.272 e. The van der Waals surface area contributed by atoms with Crippen LogP contribution in [0.4, 0.5) is 28.4 Å². The molecule has 17 heteroatoms. The molecular weight excluding hydrogens is 821 g/mol. The van der Waals surface area contributed by atoms with Crippen molar-refractivity contribution in [2.24, 2.45) is 19.1 Å². The quantitative estimate of drug-likeness (QED) is 0.0576. The number of hydrogen-bond acceptors (Lipinski definition) is 11. The zero-order valence-corrected chi connectivity index (χ0v) is 35.7. The average molecular weight is 873 g/mol. The van der Waals surface area contributed by atoms with E-state index in [2.05, 4.69) is 20.9 Å². The second-order valence-corrected chi connectivity index (χ2v) is 16.3. The fraction of sp³-hybridized carbons (Fsp3) is 0.340. The number of aliphatic imine (C=N–C) groups is 1. The highest BCUT2D eigenvalue weighted by molar-refractivity contribution is 6.06. The molecule has 8 rings (SSSR count). The SMILES string of the molecule is Cn1cc(NC(=O)CCCOc2cc3c(cc2OC2CC(O)CC(CO)O2)C(=O)N2CCCCC2C=N3)cc1C(=O)Nc1ccc(-c2cc(C(=O)Nc3ccc(N)cc3)n(C)c2)cc1. The first-order valence-electron chi connectivity index (χ1n) is 21.4. The number of hydrogen-bond donors (Lipinski definition) is 6. The van der Waals surface area contributed by atoms with Crippen LogP contribution in [-0.4, -0.2) is 98.4 Å². The van der Waals surface area contributed by atoms with E-state index in [0.717, 1.165) is 30.4 Å². The van der Waals surface area contributed by atoms with E-state index in [4.69, 9.17) is 19.9 Å². The third-order valence-corrected chi connectivity index (χ3v) is 11.5. The van der Waals surface area contributed by atoms with Crippen molar-refractivity contribution < 1.29 is 43.6 Å². The standard InChI is InChI=1S/C47H52N8O9/c1-53-25-29(18-39(53)45(59)52-32-14-10-30(48)11-15-32)28-8-12-31(13-9-28)51-46(60)40-19-33(26-54(40)2)50-43(58)7-5-17-62-41-23-38-37(47(61)55-16-4-3-6-34(55)24-49-38)22-42(41)64-44-21-35(57)20-36(27-56)63-44/h8-15,18-19,22-26,34-36,44,56-57H,3-7,16-17,20-21,27,48H2,1-2H3,(H,50,58)(H,51,60)(H,52,59). The van der Waals surface area contributed by atoms with Crippen molar-refractivity contribution in [1.82, 2.24) is 14.0 Å². The number of amides is 4. The molecule has 17 nitrogen and oxygen atoms in total. The van der Waals surface area contributed by atoms with E-state index in [9.17, 15) is 29.4 Å². The summed E-state index contributed by atoms with van der Waals surface area (Å²) in [5.74, 6) is -0.542. The lowest BCUT2D eigenvalue weighted by Gasteiger charge is -2.33. The molecule has 2 saturated heterocycles. The van der Waals surface area contributed by atoms with Gasteiger partial charge in [-0.3, -0.25) is 24.2 Å². The van der Waals surface area contributed by atoms with Crippen molar-refractivity contribution >= 4 is 58.3 Å². The van der Waals surface area contributed by atoms with Gasteiger partial charge in [-0.15, -0.1) is 0 Å². The molecule has 334 valence electrons. The van der Waals surface area contributed by atoms with Crippen LogP contribution in [-0.2, 0) is 23.6 Å². The molecule has 3 aromatic carbocycles. The predicted octanol–water partition coefficient (Wildman–Crippen LogP) is 5.86. The molecule has 0 spiro atoms. The van der Waals surface area contributed by atoms with Gasteiger partial charge in [0.25, 0.3) is 17.7 Å². The van der Waals surface area contributed by atoms with E-state index in [1.54, 1.807) is 96.3 Å². The predicted molar refractivity (Wildman–Crippen MR) is 241 cm³/mol. The number of carbonyl (C=O) groups excluding carboxylic acids is 4. The minimum absolute atomic E-state index is 0.0997. The van der Waals surface area contributed by atoms with Crippen LogP contribution in [0.15, 0.2) is 90.2 Å². The highest BCUT2D eigenvalue weighted by Crippen LogP contribution is 2.40. The van der Waals surface area contributed by atoms with Crippen LogP contribution < -0.4 is 31.2 Å². The smallest absolute Gasteiger partial charge is 0.272 e. The number of piperidine rings is 1. The van der Waals surface area contributed by atoms with Crippen LogP contribution in [0.1, 0.15) is 76.3 Å². The Balaban J connectivity index is 0.855. The van der Waals surface area contributed by atoms with Gasteiger partial charge in [0.1, 0.15) is 11.4 Å². The summed E-state index contributed by atoms with van der Waals surface area (Å²) in [4.78, 5) is 59.5. The van der Waals surface area contributed by atoms with Gasteiger partial charge in [0.15, 0.2) is 11.5 Å². The number of aromatic nitrogens is 2. The number of aliphatic hydroxyl groups excluding tert-OH is 2. The Morgan fingerprint density at radius 1 is 0.844 bits per heavy atom. The number of aliphatic hydroxyl groups is 2. The lowest BCUT2D eigenvalue weighted by Crippen LogP contribution is -2.43. The van der Waals surface area contributed by atoms with Gasteiger partial charge >= 0.3 is 0 Å². The summed E-state index contributed by atoms with van der Waals surface area (Å²) in [6, 6.07) is 20.7. The molecule has 2 fully saturated rings. The first kappa shape index (κ1) is 43.7. The van der Waals surface area contributed by atoms with Crippen LogP contribution >= 0.6 is 0 Å². The summed E-state index contributed by atoms with van der Waals surface area (Å²) in [6.07, 6.45) is 6.68. The summed E-state index contributed by atoms with van der Waals surface area (Å²) < 4.78 is 21.6. The highest BCUT2D eigenvalue weighted by atomic mass is 16.7. The summed E-state index contributed by atoms with van der Waals surface area (Å²) in [7, 11) is 3.51. The molecule has 4 amide bonds. The number of nitrogens with zero attached hydrogens (tertiary/aromatic N) is 4. The molecule has 3 aliphatic rings. The average Bonchev–Trinajstić information content (AvgIpc) is 3.82. The number of ether oxygens (including phenoxy) is 3. The van der Waals surface area contributed by atoms with Gasteiger partial charge in [0.05, 0.1) is 48.4 Å². The maximum atomic E-state index is 13.7. The van der Waals surface area contributed by atoms with Gasteiger partial charge in [0, 0.05) is 87.2 Å². The van der Waals surface area contributed by atoms with Crippen molar-refractivity contribution in [1.29, 1.82) is 0 Å². The molecule has 64 heavy (non-hydrogen) atoms. The van der Waals surface area contributed by atoms with Crippen LogP contribution in [0.3, 0.4) is 0 Å². The van der Waals surface area contributed by atoms with E-state index in [-0.39, 0.29) is 67.9 Å². The van der Waals surface area contributed by atoms with Crippen LogP contribution in [0.5, 0.6) is 11.5 Å². The summed E-state index contributed by atoms with van der Waals surface area (Å²) >= 11 is 0. The van der Waals surface area contributed by atoms with E-state index in [1.165, 1.54) is 0 Å². The molecule has 0 aliphatic carbocycles. The molecule has 0 bridgehead atoms. The number of benzene rings is 3. The van der Waals surface area contributed by atoms with Crippen molar-refractivity contribution in [3.05, 3.63) is 102 Å². The molecule has 7 N–H and O–H groups in total.